The van der Waals surface area contributed by atoms with E-state index >= 15 is 0 Å². The zero-order chi connectivity index (χ0) is 13.7. The van der Waals surface area contributed by atoms with Crippen LogP contribution >= 0.6 is 0 Å². The number of hydrogen-bond acceptors (Lipinski definition) is 2. The monoisotopic (exact) mass is 260 g/mol. The molecule has 1 heterocycles. The van der Waals surface area contributed by atoms with E-state index in [0.717, 1.165) is 25.2 Å². The zero-order valence-electron chi connectivity index (χ0n) is 11.9. The minimum Gasteiger partial charge on any atom is -0.370 e. The topological polar surface area (TPSA) is 53.6 Å². The molecule has 0 radical (unpaired) electrons. The van der Waals surface area contributed by atoms with Crippen molar-refractivity contribution in [2.24, 2.45) is 16.6 Å². The fourth-order valence-electron chi connectivity index (χ4n) is 2.41. The number of likely N-dealkylation sites (tertiary alicyclic amines) is 1. The van der Waals surface area contributed by atoms with Crippen LogP contribution in [0.3, 0.4) is 0 Å². The average molecular weight is 260 g/mol. The van der Waals surface area contributed by atoms with Crippen molar-refractivity contribution in [3.63, 3.8) is 0 Å². The van der Waals surface area contributed by atoms with Crippen LogP contribution in [0.2, 0.25) is 0 Å². The highest BCUT2D eigenvalue weighted by Crippen LogP contribution is 2.14. The van der Waals surface area contributed by atoms with Crippen LogP contribution in [0.15, 0.2) is 29.3 Å². The Morgan fingerprint density at radius 3 is 2.74 bits per heavy atom. The molecule has 0 saturated carbocycles. The maximum absolute atomic E-state index is 5.91. The number of benzene rings is 1. The molecule has 1 saturated heterocycles. The van der Waals surface area contributed by atoms with Gasteiger partial charge in [-0.15, -0.1) is 0 Å². The summed E-state index contributed by atoms with van der Waals surface area (Å²) in [5.41, 5.74) is 8.24. The average Bonchev–Trinajstić information content (AvgIpc) is 2.83. The summed E-state index contributed by atoms with van der Waals surface area (Å²) in [6, 6.07) is 8.32. The van der Waals surface area contributed by atoms with Crippen LogP contribution in [-0.4, -0.2) is 37.5 Å². The van der Waals surface area contributed by atoms with Crippen molar-refractivity contribution in [3.05, 3.63) is 29.8 Å². The number of guanidine groups is 1. The normalized spacial score (nSPS) is 20.7. The van der Waals surface area contributed by atoms with Gasteiger partial charge in [-0.05, 0) is 50.0 Å². The van der Waals surface area contributed by atoms with Gasteiger partial charge in [-0.1, -0.05) is 19.1 Å². The zero-order valence-corrected chi connectivity index (χ0v) is 11.9. The first kappa shape index (κ1) is 13.9. The number of anilines is 1. The number of nitrogens with zero attached hydrogens (tertiary/aromatic N) is 2. The molecule has 0 spiro atoms. The molecule has 1 aromatic rings. The summed E-state index contributed by atoms with van der Waals surface area (Å²) in [6.45, 7) is 5.26. The van der Waals surface area contributed by atoms with Crippen molar-refractivity contribution in [1.29, 1.82) is 0 Å². The van der Waals surface area contributed by atoms with Crippen LogP contribution in [-0.2, 0) is 6.42 Å². The molecule has 1 unspecified atom stereocenters. The lowest BCUT2D eigenvalue weighted by Gasteiger charge is -2.09. The number of nitrogens with one attached hydrogen (secondary N) is 1. The molecule has 1 fully saturated rings. The van der Waals surface area contributed by atoms with Crippen molar-refractivity contribution >= 4 is 11.6 Å². The quantitative estimate of drug-likeness (QED) is 0.642. The second kappa shape index (κ2) is 6.57. The van der Waals surface area contributed by atoms with Crippen molar-refractivity contribution < 1.29 is 0 Å². The third-order valence-electron chi connectivity index (χ3n) is 3.64. The molecule has 104 valence electrons. The molecule has 1 aliphatic rings. The third kappa shape index (κ3) is 4.24. The van der Waals surface area contributed by atoms with Crippen molar-refractivity contribution in [2.45, 2.75) is 19.8 Å². The molecule has 4 heteroatoms. The SMILES string of the molecule is CCc1ccc(NC(N)=NCC2CCN(C)C2)cc1. The van der Waals surface area contributed by atoms with Gasteiger partial charge < -0.3 is 16.0 Å². The third-order valence-corrected chi connectivity index (χ3v) is 3.64. The minimum atomic E-state index is 0.513. The molecule has 0 aliphatic carbocycles. The van der Waals surface area contributed by atoms with Gasteiger partial charge in [-0.2, -0.15) is 0 Å². The number of aryl methyl sites for hydroxylation is 1. The first-order valence-corrected chi connectivity index (χ1v) is 7.01. The fourth-order valence-corrected chi connectivity index (χ4v) is 2.41. The lowest BCUT2D eigenvalue weighted by Crippen LogP contribution is -2.24. The van der Waals surface area contributed by atoms with Gasteiger partial charge >= 0.3 is 0 Å². The molecule has 0 amide bonds. The Labute approximate surface area is 115 Å². The van der Waals surface area contributed by atoms with E-state index in [0.29, 0.717) is 11.9 Å². The lowest BCUT2D eigenvalue weighted by molar-refractivity contribution is 0.397. The van der Waals surface area contributed by atoms with Gasteiger partial charge in [-0.3, -0.25) is 4.99 Å². The van der Waals surface area contributed by atoms with E-state index in [1.165, 1.54) is 18.5 Å². The Kier molecular flexibility index (Phi) is 4.80. The molecule has 3 N–H and O–H groups in total. The van der Waals surface area contributed by atoms with Crippen LogP contribution in [0.5, 0.6) is 0 Å². The molecule has 1 atom stereocenters. The summed E-state index contributed by atoms with van der Waals surface area (Å²) in [4.78, 5) is 6.78. The highest BCUT2D eigenvalue weighted by molar-refractivity contribution is 5.92. The minimum absolute atomic E-state index is 0.513. The molecule has 1 aromatic carbocycles. The maximum Gasteiger partial charge on any atom is 0.193 e. The van der Waals surface area contributed by atoms with E-state index in [9.17, 15) is 0 Å². The lowest BCUT2D eigenvalue weighted by atomic mass is 10.1. The van der Waals surface area contributed by atoms with E-state index in [1.807, 2.05) is 12.1 Å². The smallest absolute Gasteiger partial charge is 0.193 e. The predicted octanol–water partition coefficient (Wildman–Crippen LogP) is 1.93. The largest absolute Gasteiger partial charge is 0.370 e. The Hall–Kier alpha value is -1.55. The van der Waals surface area contributed by atoms with Crippen LogP contribution in [0.4, 0.5) is 5.69 Å². The van der Waals surface area contributed by atoms with Crippen molar-refractivity contribution in [3.8, 4) is 0 Å². The first-order valence-electron chi connectivity index (χ1n) is 7.01. The summed E-state index contributed by atoms with van der Waals surface area (Å²) < 4.78 is 0. The van der Waals surface area contributed by atoms with Gasteiger partial charge in [0.15, 0.2) is 5.96 Å². The number of rotatable bonds is 4. The predicted molar refractivity (Wildman–Crippen MR) is 81.5 cm³/mol. The highest BCUT2D eigenvalue weighted by Gasteiger charge is 2.18. The van der Waals surface area contributed by atoms with Crippen molar-refractivity contribution in [2.75, 3.05) is 32.0 Å². The molecule has 0 bridgehead atoms. The summed E-state index contributed by atoms with van der Waals surface area (Å²) in [6.07, 6.45) is 2.28. The van der Waals surface area contributed by atoms with Gasteiger partial charge in [0.1, 0.15) is 0 Å². The Balaban J connectivity index is 1.83. The molecule has 2 rings (SSSR count). The standard InChI is InChI=1S/C15H24N4/c1-3-12-4-6-14(7-5-12)18-15(16)17-10-13-8-9-19(2)11-13/h4-7,13H,3,8-11H2,1-2H3,(H3,16,17,18). The highest BCUT2D eigenvalue weighted by atomic mass is 15.1. The molecule has 4 nitrogen and oxygen atoms in total. The maximum atomic E-state index is 5.91. The van der Waals surface area contributed by atoms with Gasteiger partial charge in [0.25, 0.3) is 0 Å². The van der Waals surface area contributed by atoms with E-state index in [1.54, 1.807) is 0 Å². The van der Waals surface area contributed by atoms with Gasteiger partial charge in [0.05, 0.1) is 0 Å². The molecule has 0 aromatic heterocycles. The summed E-state index contributed by atoms with van der Waals surface area (Å²) >= 11 is 0. The fraction of sp³-hybridized carbons (Fsp3) is 0.533. The summed E-state index contributed by atoms with van der Waals surface area (Å²) in [7, 11) is 2.15. The van der Waals surface area contributed by atoms with Crippen LogP contribution in [0, 0.1) is 5.92 Å². The summed E-state index contributed by atoms with van der Waals surface area (Å²) in [5.74, 6) is 1.16. The molecule has 1 aliphatic heterocycles. The Bertz CT molecular complexity index is 424. The van der Waals surface area contributed by atoms with Crippen LogP contribution in [0.25, 0.3) is 0 Å². The Morgan fingerprint density at radius 2 is 2.16 bits per heavy atom. The van der Waals surface area contributed by atoms with Gasteiger partial charge in [0.2, 0.25) is 0 Å². The first-order chi connectivity index (χ1) is 9.17. The van der Waals surface area contributed by atoms with E-state index in [4.69, 9.17) is 5.73 Å². The van der Waals surface area contributed by atoms with Crippen LogP contribution in [0.1, 0.15) is 18.9 Å². The van der Waals surface area contributed by atoms with E-state index < -0.39 is 0 Å². The van der Waals surface area contributed by atoms with Gasteiger partial charge in [0, 0.05) is 18.8 Å². The molecule has 19 heavy (non-hydrogen) atoms. The summed E-state index contributed by atoms with van der Waals surface area (Å²) in [5, 5.41) is 3.14. The van der Waals surface area contributed by atoms with Gasteiger partial charge in [-0.25, -0.2) is 0 Å². The number of nitrogens with two attached hydrogens (primary N) is 1. The van der Waals surface area contributed by atoms with E-state index in [-0.39, 0.29) is 0 Å². The van der Waals surface area contributed by atoms with Crippen molar-refractivity contribution in [1.82, 2.24) is 4.90 Å². The molecular formula is C15H24N4. The second-order valence-corrected chi connectivity index (χ2v) is 5.32. The number of hydrogen-bond donors (Lipinski definition) is 2. The molecular weight excluding hydrogens is 236 g/mol. The van der Waals surface area contributed by atoms with Crippen LogP contribution < -0.4 is 11.1 Å². The second-order valence-electron chi connectivity index (χ2n) is 5.32. The Morgan fingerprint density at radius 1 is 1.42 bits per heavy atom. The number of aliphatic imine (C=N–C) groups is 1. The van der Waals surface area contributed by atoms with E-state index in [2.05, 4.69) is 41.3 Å².